The highest BCUT2D eigenvalue weighted by Gasteiger charge is 2.16. The molecule has 1 nitrogen and oxygen atoms in total. The van der Waals surface area contributed by atoms with E-state index in [1.807, 2.05) is 0 Å². The van der Waals surface area contributed by atoms with Crippen LogP contribution in [0, 0.1) is 0 Å². The molecule has 0 spiro atoms. The molecular formula is C7H8OS. The lowest BCUT2D eigenvalue weighted by Crippen LogP contribution is -2.13. The number of carbonyl (C=O) groups excluding carboxylic acids is 1. The molecule has 1 aliphatic heterocycles. The van der Waals surface area contributed by atoms with Crippen LogP contribution in [0.1, 0.15) is 0 Å². The number of thioether (sulfide) groups is 1. The molecule has 9 heavy (non-hydrogen) atoms. The lowest BCUT2D eigenvalue weighted by atomic mass is 10.1. The van der Waals surface area contributed by atoms with Gasteiger partial charge in [-0.25, -0.2) is 0 Å². The van der Waals surface area contributed by atoms with Gasteiger partial charge in [0.05, 0.1) is 0 Å². The average Bonchev–Trinajstić information content (AvgIpc) is 1.83. The van der Waals surface area contributed by atoms with Crippen molar-refractivity contribution in [1.29, 1.82) is 0 Å². The fourth-order valence-electron chi connectivity index (χ4n) is 0.679. The smallest absolute Gasteiger partial charge is 0.185 e. The van der Waals surface area contributed by atoms with Crippen LogP contribution in [0.15, 0.2) is 24.3 Å². The van der Waals surface area contributed by atoms with Crippen LogP contribution in [0.3, 0.4) is 0 Å². The number of ketones is 1. The number of hydrogen-bond donors (Lipinski definition) is 0. The standard InChI is InChI=1S/C7H8OS/c1-5-3-9-4-6(2)7(5)8/h1-4H2. The molecule has 0 aromatic carbocycles. The average molecular weight is 140 g/mol. The molecule has 0 aromatic rings. The highest BCUT2D eigenvalue weighted by atomic mass is 32.2. The van der Waals surface area contributed by atoms with Gasteiger partial charge in [-0.1, -0.05) is 13.2 Å². The quantitative estimate of drug-likeness (QED) is 0.473. The van der Waals surface area contributed by atoms with Crippen molar-refractivity contribution in [3.8, 4) is 0 Å². The molecule has 0 amide bonds. The first kappa shape index (κ1) is 6.62. The number of rotatable bonds is 0. The molecule has 1 rings (SSSR count). The Bertz CT molecular complexity index is 163. The summed E-state index contributed by atoms with van der Waals surface area (Å²) < 4.78 is 0. The predicted molar refractivity (Wildman–Crippen MR) is 40.6 cm³/mol. The van der Waals surface area contributed by atoms with Gasteiger partial charge in [0.25, 0.3) is 0 Å². The summed E-state index contributed by atoms with van der Waals surface area (Å²) in [6.45, 7) is 7.23. The first-order chi connectivity index (χ1) is 4.22. The molecule has 0 saturated carbocycles. The molecule has 48 valence electrons. The molecule has 0 unspecified atom stereocenters. The molecule has 0 aromatic heterocycles. The Morgan fingerprint density at radius 1 is 1.22 bits per heavy atom. The third-order valence-electron chi connectivity index (χ3n) is 1.19. The van der Waals surface area contributed by atoms with Crippen molar-refractivity contribution in [3.05, 3.63) is 24.3 Å². The molecule has 1 saturated heterocycles. The van der Waals surface area contributed by atoms with Crippen molar-refractivity contribution in [1.82, 2.24) is 0 Å². The Kier molecular flexibility index (Phi) is 1.76. The van der Waals surface area contributed by atoms with Crippen molar-refractivity contribution < 1.29 is 4.79 Å². The van der Waals surface area contributed by atoms with Gasteiger partial charge >= 0.3 is 0 Å². The van der Waals surface area contributed by atoms with Crippen LogP contribution in [0.4, 0.5) is 0 Å². The van der Waals surface area contributed by atoms with Gasteiger partial charge in [0, 0.05) is 22.7 Å². The van der Waals surface area contributed by atoms with Crippen LogP contribution in [0.2, 0.25) is 0 Å². The van der Waals surface area contributed by atoms with E-state index in [4.69, 9.17) is 0 Å². The lowest BCUT2D eigenvalue weighted by molar-refractivity contribution is -0.112. The van der Waals surface area contributed by atoms with Gasteiger partial charge in [0.2, 0.25) is 0 Å². The van der Waals surface area contributed by atoms with Crippen LogP contribution < -0.4 is 0 Å². The minimum atomic E-state index is 0.0637. The van der Waals surface area contributed by atoms with Crippen molar-refractivity contribution in [2.24, 2.45) is 0 Å². The summed E-state index contributed by atoms with van der Waals surface area (Å²) in [7, 11) is 0. The zero-order valence-electron chi connectivity index (χ0n) is 5.14. The summed E-state index contributed by atoms with van der Waals surface area (Å²) in [5.74, 6) is 1.61. The molecule has 0 bridgehead atoms. The van der Waals surface area contributed by atoms with Gasteiger partial charge in [-0.2, -0.15) is 11.8 Å². The largest absolute Gasteiger partial charge is 0.289 e. The third-order valence-corrected chi connectivity index (χ3v) is 2.30. The second kappa shape index (κ2) is 2.40. The van der Waals surface area contributed by atoms with Crippen molar-refractivity contribution >= 4 is 17.5 Å². The zero-order chi connectivity index (χ0) is 6.85. The van der Waals surface area contributed by atoms with Crippen LogP contribution >= 0.6 is 11.8 Å². The van der Waals surface area contributed by atoms with Gasteiger partial charge in [-0.15, -0.1) is 0 Å². The minimum Gasteiger partial charge on any atom is -0.289 e. The first-order valence-corrected chi connectivity index (χ1v) is 3.85. The lowest BCUT2D eigenvalue weighted by Gasteiger charge is -2.12. The van der Waals surface area contributed by atoms with Gasteiger partial charge in [-0.3, -0.25) is 4.79 Å². The Morgan fingerprint density at radius 2 is 1.67 bits per heavy atom. The molecule has 0 atom stereocenters. The summed E-state index contributed by atoms with van der Waals surface area (Å²) in [4.78, 5) is 10.9. The molecule has 0 N–H and O–H groups in total. The maximum atomic E-state index is 10.9. The topological polar surface area (TPSA) is 17.1 Å². The van der Waals surface area contributed by atoms with Crippen molar-refractivity contribution in [2.75, 3.05) is 11.5 Å². The Morgan fingerprint density at radius 3 is 2.00 bits per heavy atom. The van der Waals surface area contributed by atoms with Gasteiger partial charge in [0.15, 0.2) is 5.78 Å². The molecule has 1 fully saturated rings. The van der Waals surface area contributed by atoms with Gasteiger partial charge in [0.1, 0.15) is 0 Å². The van der Waals surface area contributed by atoms with Gasteiger partial charge in [-0.05, 0) is 0 Å². The highest BCUT2D eigenvalue weighted by Crippen LogP contribution is 2.20. The van der Waals surface area contributed by atoms with Crippen LogP contribution in [0.5, 0.6) is 0 Å². The van der Waals surface area contributed by atoms with E-state index in [9.17, 15) is 4.79 Å². The number of carbonyl (C=O) groups is 1. The second-order valence-corrected chi connectivity index (χ2v) is 3.01. The fourth-order valence-corrected chi connectivity index (χ4v) is 1.54. The monoisotopic (exact) mass is 140 g/mol. The second-order valence-electron chi connectivity index (χ2n) is 2.03. The normalized spacial score (nSPS) is 20.7. The molecule has 2 heteroatoms. The minimum absolute atomic E-state index is 0.0637. The summed E-state index contributed by atoms with van der Waals surface area (Å²) in [5, 5.41) is 0. The number of hydrogen-bond acceptors (Lipinski definition) is 2. The maximum Gasteiger partial charge on any atom is 0.185 e. The predicted octanol–water partition coefficient (Wildman–Crippen LogP) is 1.41. The zero-order valence-corrected chi connectivity index (χ0v) is 5.96. The summed E-state index contributed by atoms with van der Waals surface area (Å²) in [6.07, 6.45) is 0. The van der Waals surface area contributed by atoms with E-state index in [0.717, 1.165) is 11.5 Å². The van der Waals surface area contributed by atoms with E-state index in [-0.39, 0.29) is 5.78 Å². The summed E-state index contributed by atoms with van der Waals surface area (Å²) in [5.41, 5.74) is 1.38. The molecule has 0 radical (unpaired) electrons. The highest BCUT2D eigenvalue weighted by molar-refractivity contribution is 7.99. The summed E-state index contributed by atoms with van der Waals surface area (Å²) in [6, 6.07) is 0. The van der Waals surface area contributed by atoms with Crippen LogP contribution in [-0.4, -0.2) is 17.3 Å². The Hall–Kier alpha value is -0.500. The maximum absolute atomic E-state index is 10.9. The number of Topliss-reactive ketones (excluding diaryl/α,β-unsaturated/α-hetero) is 1. The van der Waals surface area contributed by atoms with E-state index >= 15 is 0 Å². The van der Waals surface area contributed by atoms with E-state index in [2.05, 4.69) is 13.2 Å². The molecule has 0 aliphatic carbocycles. The van der Waals surface area contributed by atoms with E-state index in [0.29, 0.717) is 11.1 Å². The van der Waals surface area contributed by atoms with Crippen molar-refractivity contribution in [2.45, 2.75) is 0 Å². The van der Waals surface area contributed by atoms with Gasteiger partial charge < -0.3 is 0 Å². The Balaban J connectivity index is 2.74. The fraction of sp³-hybridized carbons (Fsp3) is 0.286. The third kappa shape index (κ3) is 1.24. The van der Waals surface area contributed by atoms with E-state index < -0.39 is 0 Å². The van der Waals surface area contributed by atoms with E-state index in [1.165, 1.54) is 0 Å². The Labute approximate surface area is 58.8 Å². The first-order valence-electron chi connectivity index (χ1n) is 2.70. The SMILES string of the molecule is C=C1CSCC(=C)C1=O. The molecule has 1 heterocycles. The summed E-state index contributed by atoms with van der Waals surface area (Å²) >= 11 is 1.69. The van der Waals surface area contributed by atoms with E-state index in [1.54, 1.807) is 11.8 Å². The van der Waals surface area contributed by atoms with Crippen molar-refractivity contribution in [3.63, 3.8) is 0 Å². The molecular weight excluding hydrogens is 132 g/mol. The van der Waals surface area contributed by atoms with Crippen LogP contribution in [-0.2, 0) is 4.79 Å². The molecule has 1 aliphatic rings. The van der Waals surface area contributed by atoms with Crippen LogP contribution in [0.25, 0.3) is 0 Å².